The van der Waals surface area contributed by atoms with E-state index in [-0.39, 0.29) is 16.4 Å². The van der Waals surface area contributed by atoms with E-state index < -0.39 is 17.7 Å². The number of hydrogen-bond donors (Lipinski definition) is 1. The molecule has 0 fully saturated rings. The standard InChI is InChI=1S/C12H16N2O5/c1-12(2,3)19-11(16)14(17)9-7-8(5-6-13-9)10(15)18-4/h5-7,17H,1-4H3. The number of pyridine rings is 1. The summed E-state index contributed by atoms with van der Waals surface area (Å²) in [4.78, 5) is 26.7. The molecule has 0 aliphatic carbocycles. The fourth-order valence-corrected chi connectivity index (χ4v) is 1.18. The summed E-state index contributed by atoms with van der Waals surface area (Å²) in [7, 11) is 1.23. The molecule has 0 bridgehead atoms. The smallest absolute Gasteiger partial charge is 0.440 e. The number of hydrogen-bond acceptors (Lipinski definition) is 6. The average molecular weight is 268 g/mol. The van der Waals surface area contributed by atoms with Crippen LogP contribution in [0.25, 0.3) is 0 Å². The summed E-state index contributed by atoms with van der Waals surface area (Å²) >= 11 is 0. The first-order chi connectivity index (χ1) is 8.74. The Morgan fingerprint density at radius 2 is 2.00 bits per heavy atom. The summed E-state index contributed by atoms with van der Waals surface area (Å²) in [5, 5.41) is 9.91. The van der Waals surface area contributed by atoms with E-state index in [1.807, 2.05) is 0 Å². The van der Waals surface area contributed by atoms with Gasteiger partial charge in [0, 0.05) is 6.20 Å². The number of aromatic nitrogens is 1. The maximum absolute atomic E-state index is 11.6. The lowest BCUT2D eigenvalue weighted by Gasteiger charge is -2.22. The van der Waals surface area contributed by atoms with Crippen LogP contribution >= 0.6 is 0 Å². The molecule has 1 aromatic rings. The quantitative estimate of drug-likeness (QED) is 0.501. The van der Waals surface area contributed by atoms with Gasteiger partial charge >= 0.3 is 12.1 Å². The van der Waals surface area contributed by atoms with Crippen molar-refractivity contribution in [3.05, 3.63) is 23.9 Å². The van der Waals surface area contributed by atoms with E-state index in [0.717, 1.165) is 0 Å². The molecule has 7 nitrogen and oxygen atoms in total. The first kappa shape index (κ1) is 14.9. The van der Waals surface area contributed by atoms with Crippen LogP contribution in [0, 0.1) is 0 Å². The molecular weight excluding hydrogens is 252 g/mol. The molecule has 0 unspecified atom stereocenters. The van der Waals surface area contributed by atoms with Crippen LogP contribution in [0.5, 0.6) is 0 Å². The Labute approximate surface area is 110 Å². The molecule has 1 heterocycles. The van der Waals surface area contributed by atoms with Gasteiger partial charge in [-0.1, -0.05) is 0 Å². The molecule has 0 aliphatic rings. The number of nitrogens with zero attached hydrogens (tertiary/aromatic N) is 2. The average Bonchev–Trinajstić information content (AvgIpc) is 2.35. The summed E-state index contributed by atoms with van der Waals surface area (Å²) in [5.74, 6) is -0.724. The highest BCUT2D eigenvalue weighted by Crippen LogP contribution is 2.15. The van der Waals surface area contributed by atoms with E-state index in [4.69, 9.17) is 4.74 Å². The molecule has 0 aliphatic heterocycles. The molecule has 1 N–H and O–H groups in total. The predicted molar refractivity (Wildman–Crippen MR) is 66.1 cm³/mol. The molecule has 104 valence electrons. The predicted octanol–water partition coefficient (Wildman–Crippen LogP) is 2.00. The zero-order valence-corrected chi connectivity index (χ0v) is 11.2. The maximum atomic E-state index is 11.6. The minimum atomic E-state index is -0.984. The monoisotopic (exact) mass is 268 g/mol. The second-order valence-corrected chi connectivity index (χ2v) is 4.69. The molecule has 0 saturated carbocycles. The normalized spacial score (nSPS) is 10.8. The fourth-order valence-electron chi connectivity index (χ4n) is 1.18. The molecule has 1 aromatic heterocycles. The number of ether oxygens (including phenoxy) is 2. The van der Waals surface area contributed by atoms with Crippen molar-refractivity contribution < 1.29 is 24.3 Å². The SMILES string of the molecule is COC(=O)c1ccnc(N(O)C(=O)OC(C)(C)C)c1. The number of rotatable bonds is 2. The minimum absolute atomic E-state index is 0.128. The van der Waals surface area contributed by atoms with Gasteiger partial charge in [-0.05, 0) is 32.9 Å². The van der Waals surface area contributed by atoms with Crippen molar-refractivity contribution in [2.24, 2.45) is 0 Å². The lowest BCUT2D eigenvalue weighted by Crippen LogP contribution is -2.35. The molecular formula is C12H16N2O5. The molecule has 0 aromatic carbocycles. The second kappa shape index (κ2) is 5.66. The summed E-state index contributed by atoms with van der Waals surface area (Å²) in [5.41, 5.74) is -0.590. The van der Waals surface area contributed by atoms with Gasteiger partial charge in [0.05, 0.1) is 12.7 Å². The largest absolute Gasteiger partial charge is 0.465 e. The van der Waals surface area contributed by atoms with Gasteiger partial charge in [-0.25, -0.2) is 14.6 Å². The van der Waals surface area contributed by atoms with E-state index in [1.165, 1.54) is 25.4 Å². The number of anilines is 1. The molecule has 0 atom stereocenters. The van der Waals surface area contributed by atoms with E-state index in [9.17, 15) is 14.8 Å². The van der Waals surface area contributed by atoms with Crippen molar-refractivity contribution in [3.8, 4) is 0 Å². The third-order valence-corrected chi connectivity index (χ3v) is 1.95. The molecule has 1 amide bonds. The first-order valence-corrected chi connectivity index (χ1v) is 5.51. The van der Waals surface area contributed by atoms with E-state index in [0.29, 0.717) is 0 Å². The number of hydroxylamine groups is 1. The van der Waals surface area contributed by atoms with E-state index in [1.54, 1.807) is 20.8 Å². The van der Waals surface area contributed by atoms with Gasteiger partial charge in [-0.15, -0.1) is 5.06 Å². The highest BCUT2D eigenvalue weighted by atomic mass is 16.6. The van der Waals surface area contributed by atoms with E-state index >= 15 is 0 Å². The fraction of sp³-hybridized carbons (Fsp3) is 0.417. The molecule has 0 saturated heterocycles. The summed E-state index contributed by atoms with van der Waals surface area (Å²) < 4.78 is 9.49. The molecule has 19 heavy (non-hydrogen) atoms. The Hall–Kier alpha value is -2.15. The minimum Gasteiger partial charge on any atom is -0.465 e. The van der Waals surface area contributed by atoms with Crippen molar-refractivity contribution in [2.45, 2.75) is 26.4 Å². The Morgan fingerprint density at radius 1 is 1.37 bits per heavy atom. The first-order valence-electron chi connectivity index (χ1n) is 5.51. The van der Waals surface area contributed by atoms with Crippen molar-refractivity contribution >= 4 is 17.9 Å². The molecule has 7 heteroatoms. The summed E-state index contributed by atoms with van der Waals surface area (Å²) in [6.45, 7) is 4.99. The van der Waals surface area contributed by atoms with Crippen LogP contribution in [0.2, 0.25) is 0 Å². The molecule has 0 spiro atoms. The van der Waals surface area contributed by atoms with Gasteiger partial charge in [0.15, 0.2) is 5.82 Å². The Bertz CT molecular complexity index is 481. The van der Waals surface area contributed by atoms with Crippen molar-refractivity contribution in [2.75, 3.05) is 12.2 Å². The third-order valence-electron chi connectivity index (χ3n) is 1.95. The van der Waals surface area contributed by atoms with Gasteiger partial charge in [-0.3, -0.25) is 5.21 Å². The highest BCUT2D eigenvalue weighted by molar-refractivity contribution is 5.91. The zero-order valence-electron chi connectivity index (χ0n) is 11.2. The van der Waals surface area contributed by atoms with Crippen LogP contribution in [-0.4, -0.2) is 35.0 Å². The Kier molecular flexibility index (Phi) is 4.44. The van der Waals surface area contributed by atoms with Crippen molar-refractivity contribution in [1.82, 2.24) is 4.98 Å². The topological polar surface area (TPSA) is 89.0 Å². The molecule has 1 rings (SSSR count). The van der Waals surface area contributed by atoms with Gasteiger partial charge < -0.3 is 9.47 Å². The van der Waals surface area contributed by atoms with Crippen LogP contribution in [-0.2, 0) is 9.47 Å². The third kappa shape index (κ3) is 4.22. The summed E-state index contributed by atoms with van der Waals surface area (Å²) in [6.07, 6.45) is 0.289. The van der Waals surface area contributed by atoms with Crippen LogP contribution in [0.1, 0.15) is 31.1 Å². The number of methoxy groups -OCH3 is 1. The van der Waals surface area contributed by atoms with E-state index in [2.05, 4.69) is 9.72 Å². The van der Waals surface area contributed by atoms with Crippen LogP contribution in [0.3, 0.4) is 0 Å². The summed E-state index contributed by atoms with van der Waals surface area (Å²) in [6, 6.07) is 2.62. The van der Waals surface area contributed by atoms with Crippen molar-refractivity contribution in [1.29, 1.82) is 0 Å². The van der Waals surface area contributed by atoms with Crippen LogP contribution < -0.4 is 5.06 Å². The Morgan fingerprint density at radius 3 is 2.53 bits per heavy atom. The van der Waals surface area contributed by atoms with Gasteiger partial charge in [0.25, 0.3) is 0 Å². The highest BCUT2D eigenvalue weighted by Gasteiger charge is 2.23. The number of esters is 1. The number of carbonyl (C=O) groups excluding carboxylic acids is 2. The van der Waals surface area contributed by atoms with Crippen LogP contribution in [0.15, 0.2) is 18.3 Å². The number of carbonyl (C=O) groups is 2. The molecule has 0 radical (unpaired) electrons. The number of amides is 1. The lowest BCUT2D eigenvalue weighted by atomic mass is 10.2. The van der Waals surface area contributed by atoms with Gasteiger partial charge in [0.2, 0.25) is 0 Å². The van der Waals surface area contributed by atoms with Crippen LogP contribution in [0.4, 0.5) is 10.6 Å². The maximum Gasteiger partial charge on any atom is 0.440 e. The lowest BCUT2D eigenvalue weighted by molar-refractivity contribution is 0.0402. The van der Waals surface area contributed by atoms with Crippen molar-refractivity contribution in [3.63, 3.8) is 0 Å². The second-order valence-electron chi connectivity index (χ2n) is 4.69. The zero-order chi connectivity index (χ0) is 14.6. The van der Waals surface area contributed by atoms with Gasteiger partial charge in [-0.2, -0.15) is 0 Å². The van der Waals surface area contributed by atoms with Gasteiger partial charge in [0.1, 0.15) is 5.60 Å². The Balaban J connectivity index is 2.91.